The summed E-state index contributed by atoms with van der Waals surface area (Å²) < 4.78 is 5.41. The molecular formula is C14H22O3. The maximum Gasteiger partial charge on any atom is 0.195 e. The largest absolute Gasteiger partial charge is 0.348 e. The molecule has 0 heterocycles. The Morgan fingerprint density at radius 3 is 2.06 bits per heavy atom. The van der Waals surface area contributed by atoms with Crippen LogP contribution in [-0.2, 0) is 20.1 Å². The van der Waals surface area contributed by atoms with E-state index in [4.69, 9.17) is 14.5 Å². The molecule has 0 fully saturated rings. The molecule has 0 saturated carbocycles. The van der Waals surface area contributed by atoms with E-state index in [0.29, 0.717) is 6.61 Å². The predicted octanol–water partition coefficient (Wildman–Crippen LogP) is 3.64. The molecule has 0 aromatic heterocycles. The van der Waals surface area contributed by atoms with Crippen LogP contribution in [0, 0.1) is 0 Å². The van der Waals surface area contributed by atoms with Gasteiger partial charge in [0.2, 0.25) is 0 Å². The summed E-state index contributed by atoms with van der Waals surface area (Å²) in [6.07, 6.45) is 0. The minimum absolute atomic E-state index is 0.504. The van der Waals surface area contributed by atoms with Gasteiger partial charge in [-0.05, 0) is 40.2 Å². The van der Waals surface area contributed by atoms with Crippen LogP contribution in [0.25, 0.3) is 0 Å². The van der Waals surface area contributed by atoms with Crippen molar-refractivity contribution in [1.82, 2.24) is 0 Å². The quantitative estimate of drug-likeness (QED) is 0.430. The lowest BCUT2D eigenvalue weighted by atomic mass is 9.99. The topological polar surface area (TPSA) is 27.7 Å². The molecule has 0 N–H and O–H groups in total. The van der Waals surface area contributed by atoms with Gasteiger partial charge in [0.25, 0.3) is 0 Å². The van der Waals surface area contributed by atoms with Crippen LogP contribution in [0.15, 0.2) is 30.3 Å². The molecule has 3 heteroatoms. The molecule has 0 aliphatic carbocycles. The van der Waals surface area contributed by atoms with Crippen molar-refractivity contribution in [2.24, 2.45) is 0 Å². The van der Waals surface area contributed by atoms with Crippen LogP contribution in [0.3, 0.4) is 0 Å². The summed E-state index contributed by atoms with van der Waals surface area (Å²) in [5.41, 5.74) is 0.558. The Morgan fingerprint density at radius 2 is 1.53 bits per heavy atom. The van der Waals surface area contributed by atoms with Crippen molar-refractivity contribution in [3.8, 4) is 0 Å². The average Bonchev–Trinajstić information content (AvgIpc) is 2.28. The highest BCUT2D eigenvalue weighted by Gasteiger charge is 2.28. The molecule has 0 aliphatic rings. The van der Waals surface area contributed by atoms with Crippen LogP contribution in [0.2, 0.25) is 0 Å². The second kappa shape index (κ2) is 5.63. The Hall–Kier alpha value is -0.900. The molecule has 0 saturated heterocycles. The van der Waals surface area contributed by atoms with Gasteiger partial charge in [-0.2, -0.15) is 0 Å². The van der Waals surface area contributed by atoms with Crippen molar-refractivity contribution in [1.29, 1.82) is 0 Å². The molecule has 1 rings (SSSR count). The molecular weight excluding hydrogens is 216 g/mol. The van der Waals surface area contributed by atoms with Gasteiger partial charge in [0, 0.05) is 6.61 Å². The van der Waals surface area contributed by atoms with E-state index in [0.717, 1.165) is 5.56 Å². The van der Waals surface area contributed by atoms with E-state index >= 15 is 0 Å². The third-order valence-electron chi connectivity index (χ3n) is 2.41. The van der Waals surface area contributed by atoms with Crippen LogP contribution in [0.4, 0.5) is 0 Å². The van der Waals surface area contributed by atoms with E-state index in [1.165, 1.54) is 0 Å². The number of hydrogen-bond acceptors (Lipinski definition) is 3. The molecule has 96 valence electrons. The fraction of sp³-hybridized carbons (Fsp3) is 0.571. The van der Waals surface area contributed by atoms with E-state index in [1.54, 1.807) is 0 Å². The first-order chi connectivity index (χ1) is 7.87. The highest BCUT2D eigenvalue weighted by atomic mass is 17.2. The normalized spacial score (nSPS) is 12.8. The van der Waals surface area contributed by atoms with E-state index in [1.807, 2.05) is 65.0 Å². The second-order valence-electron chi connectivity index (χ2n) is 4.88. The lowest BCUT2D eigenvalue weighted by Crippen LogP contribution is -2.33. The maximum absolute atomic E-state index is 5.51. The van der Waals surface area contributed by atoms with Gasteiger partial charge in [-0.25, -0.2) is 9.78 Å². The monoisotopic (exact) mass is 238 g/mol. The zero-order valence-corrected chi connectivity index (χ0v) is 11.3. The Kier molecular flexibility index (Phi) is 4.69. The zero-order valence-electron chi connectivity index (χ0n) is 11.3. The van der Waals surface area contributed by atoms with Crippen LogP contribution in [-0.4, -0.2) is 12.4 Å². The molecule has 0 atom stereocenters. The van der Waals surface area contributed by atoms with Crippen molar-refractivity contribution in [3.05, 3.63) is 35.9 Å². The van der Waals surface area contributed by atoms with Crippen molar-refractivity contribution in [2.45, 2.75) is 46.0 Å². The molecule has 0 bridgehead atoms. The van der Waals surface area contributed by atoms with Gasteiger partial charge in [0.05, 0.1) is 0 Å². The first-order valence-electron chi connectivity index (χ1n) is 5.94. The molecule has 17 heavy (non-hydrogen) atoms. The summed E-state index contributed by atoms with van der Waals surface area (Å²) in [6, 6.07) is 9.96. The van der Waals surface area contributed by atoms with Gasteiger partial charge in [0.15, 0.2) is 5.79 Å². The Morgan fingerprint density at radius 1 is 0.941 bits per heavy atom. The summed E-state index contributed by atoms with van der Waals surface area (Å²) in [6.45, 7) is 10.1. The first kappa shape index (κ1) is 14.2. The standard InChI is InChI=1S/C14H22O3/c1-6-15-14(4,5)17-16-13(2,3)12-10-8-7-9-11-12/h7-11H,6H2,1-5H3. The fourth-order valence-electron chi connectivity index (χ4n) is 1.46. The SMILES string of the molecule is CCOC(C)(C)OOC(C)(C)c1ccccc1. The third-order valence-corrected chi connectivity index (χ3v) is 2.41. The molecule has 0 amide bonds. The Bertz CT molecular complexity index is 331. The molecule has 1 aromatic rings. The predicted molar refractivity (Wildman–Crippen MR) is 67.3 cm³/mol. The van der Waals surface area contributed by atoms with Crippen LogP contribution >= 0.6 is 0 Å². The van der Waals surface area contributed by atoms with E-state index < -0.39 is 11.4 Å². The number of benzene rings is 1. The van der Waals surface area contributed by atoms with Gasteiger partial charge >= 0.3 is 0 Å². The fourth-order valence-corrected chi connectivity index (χ4v) is 1.46. The Balaban J connectivity index is 2.62. The van der Waals surface area contributed by atoms with Gasteiger partial charge in [-0.3, -0.25) is 0 Å². The van der Waals surface area contributed by atoms with Gasteiger partial charge in [-0.15, -0.1) is 0 Å². The molecule has 1 aromatic carbocycles. The molecule has 0 spiro atoms. The van der Waals surface area contributed by atoms with Crippen molar-refractivity contribution in [2.75, 3.05) is 6.61 Å². The van der Waals surface area contributed by atoms with Gasteiger partial charge < -0.3 is 4.74 Å². The van der Waals surface area contributed by atoms with Crippen LogP contribution < -0.4 is 0 Å². The number of hydrogen-bond donors (Lipinski definition) is 0. The maximum atomic E-state index is 5.51. The van der Waals surface area contributed by atoms with E-state index in [-0.39, 0.29) is 0 Å². The van der Waals surface area contributed by atoms with Crippen molar-refractivity contribution in [3.63, 3.8) is 0 Å². The van der Waals surface area contributed by atoms with Gasteiger partial charge in [-0.1, -0.05) is 30.3 Å². The molecule has 3 nitrogen and oxygen atoms in total. The highest BCUT2D eigenvalue weighted by molar-refractivity contribution is 5.20. The minimum Gasteiger partial charge on any atom is -0.348 e. The lowest BCUT2D eigenvalue weighted by Gasteiger charge is -2.30. The summed E-state index contributed by atoms with van der Waals surface area (Å²) in [4.78, 5) is 10.9. The minimum atomic E-state index is -0.735. The summed E-state index contributed by atoms with van der Waals surface area (Å²) >= 11 is 0. The first-order valence-corrected chi connectivity index (χ1v) is 5.94. The smallest absolute Gasteiger partial charge is 0.195 e. The van der Waals surface area contributed by atoms with Crippen LogP contribution in [0.5, 0.6) is 0 Å². The highest BCUT2D eigenvalue weighted by Crippen LogP contribution is 2.27. The third kappa shape index (κ3) is 4.46. The summed E-state index contributed by atoms with van der Waals surface area (Å²) in [5.74, 6) is -0.735. The molecule has 0 aliphatic heterocycles. The summed E-state index contributed by atoms with van der Waals surface area (Å²) in [5, 5.41) is 0. The Labute approximate surface area is 104 Å². The second-order valence-corrected chi connectivity index (χ2v) is 4.88. The van der Waals surface area contributed by atoms with Crippen molar-refractivity contribution < 1.29 is 14.5 Å². The van der Waals surface area contributed by atoms with Crippen LogP contribution in [0.1, 0.15) is 40.2 Å². The number of rotatable bonds is 6. The number of ether oxygens (including phenoxy) is 1. The molecule has 0 unspecified atom stereocenters. The van der Waals surface area contributed by atoms with Crippen molar-refractivity contribution >= 4 is 0 Å². The lowest BCUT2D eigenvalue weighted by molar-refractivity contribution is -0.455. The van der Waals surface area contributed by atoms with E-state index in [2.05, 4.69) is 0 Å². The van der Waals surface area contributed by atoms with E-state index in [9.17, 15) is 0 Å². The summed E-state index contributed by atoms with van der Waals surface area (Å²) in [7, 11) is 0. The van der Waals surface area contributed by atoms with Gasteiger partial charge in [0.1, 0.15) is 5.60 Å². The molecule has 0 radical (unpaired) electrons. The zero-order chi connectivity index (χ0) is 12.9. The average molecular weight is 238 g/mol.